The molecule has 0 saturated carbocycles. The third kappa shape index (κ3) is 2.87. The van der Waals surface area contributed by atoms with E-state index in [1.165, 1.54) is 0 Å². The summed E-state index contributed by atoms with van der Waals surface area (Å²) in [5, 5.41) is 11.9. The van der Waals surface area contributed by atoms with Gasteiger partial charge in [-0.1, -0.05) is 55.5 Å². The predicted molar refractivity (Wildman–Crippen MR) is 93.0 cm³/mol. The molecule has 0 saturated heterocycles. The fourth-order valence-corrected chi connectivity index (χ4v) is 3.67. The molecule has 0 unspecified atom stereocenters. The van der Waals surface area contributed by atoms with Crippen molar-refractivity contribution in [1.82, 2.24) is 0 Å². The van der Waals surface area contributed by atoms with E-state index in [0.717, 1.165) is 27.5 Å². The predicted octanol–water partition coefficient (Wildman–Crippen LogP) is 3.79. The first-order valence-electron chi connectivity index (χ1n) is 7.51. The van der Waals surface area contributed by atoms with Gasteiger partial charge in [0.05, 0.1) is 17.3 Å². The highest BCUT2D eigenvalue weighted by Crippen LogP contribution is 2.31. The Balaban J connectivity index is 2.14. The third-order valence-corrected chi connectivity index (χ3v) is 5.85. The van der Waals surface area contributed by atoms with Crippen molar-refractivity contribution in [3.63, 3.8) is 0 Å². The van der Waals surface area contributed by atoms with Gasteiger partial charge in [-0.3, -0.25) is 0 Å². The first kappa shape index (κ1) is 15.7. The van der Waals surface area contributed by atoms with Crippen LogP contribution >= 0.6 is 0 Å². The quantitative estimate of drug-likeness (QED) is 0.793. The topological polar surface area (TPSA) is 54.4 Å². The van der Waals surface area contributed by atoms with Crippen molar-refractivity contribution >= 4 is 20.6 Å². The Morgan fingerprint density at radius 3 is 2.26 bits per heavy atom. The maximum atomic E-state index is 11.9. The lowest BCUT2D eigenvalue weighted by atomic mass is 9.95. The van der Waals surface area contributed by atoms with E-state index in [-0.39, 0.29) is 12.4 Å². The molecular weight excluding hydrogens is 308 g/mol. The van der Waals surface area contributed by atoms with E-state index < -0.39 is 9.84 Å². The monoisotopic (exact) mass is 326 g/mol. The van der Waals surface area contributed by atoms with Crippen LogP contribution in [0.1, 0.15) is 12.5 Å². The summed E-state index contributed by atoms with van der Waals surface area (Å²) >= 11 is 0. The molecule has 0 amide bonds. The van der Waals surface area contributed by atoms with Gasteiger partial charge in [0.2, 0.25) is 0 Å². The number of sulfone groups is 1. The Labute approximate surface area is 136 Å². The maximum Gasteiger partial charge on any atom is 0.178 e. The molecule has 0 atom stereocenters. The Hall–Kier alpha value is -2.17. The molecule has 0 aliphatic rings. The van der Waals surface area contributed by atoms with Crippen LogP contribution in [0, 0.1) is 0 Å². The number of rotatable bonds is 4. The van der Waals surface area contributed by atoms with Crippen LogP contribution in [-0.2, 0) is 16.4 Å². The fourth-order valence-electron chi connectivity index (χ4n) is 2.79. The van der Waals surface area contributed by atoms with Crippen LogP contribution in [0.3, 0.4) is 0 Å². The average Bonchev–Trinajstić information content (AvgIpc) is 2.60. The average molecular weight is 326 g/mol. The molecule has 0 fully saturated rings. The van der Waals surface area contributed by atoms with Gasteiger partial charge in [0, 0.05) is 0 Å². The normalized spacial score (nSPS) is 11.7. The number of aliphatic hydroxyl groups is 1. The van der Waals surface area contributed by atoms with Crippen LogP contribution in [0.15, 0.2) is 65.6 Å². The van der Waals surface area contributed by atoms with E-state index in [1.54, 1.807) is 31.2 Å². The van der Waals surface area contributed by atoms with Crippen molar-refractivity contribution in [2.45, 2.75) is 18.4 Å². The first-order valence-corrected chi connectivity index (χ1v) is 9.16. The molecule has 1 N–H and O–H groups in total. The number of fused-ring (bicyclic) bond motifs is 1. The lowest BCUT2D eigenvalue weighted by molar-refractivity contribution is 0.284. The number of hydrogen-bond acceptors (Lipinski definition) is 3. The minimum Gasteiger partial charge on any atom is -0.392 e. The van der Waals surface area contributed by atoms with Crippen LogP contribution < -0.4 is 0 Å². The Bertz CT molecular complexity index is 942. The zero-order valence-corrected chi connectivity index (χ0v) is 13.7. The molecule has 4 heteroatoms. The van der Waals surface area contributed by atoms with Crippen molar-refractivity contribution in [2.75, 3.05) is 5.75 Å². The summed E-state index contributed by atoms with van der Waals surface area (Å²) in [7, 11) is -3.20. The van der Waals surface area contributed by atoms with Gasteiger partial charge >= 0.3 is 0 Å². The standard InChI is InChI=1S/C19H18O3S/c1-2-23(21,22)16-10-7-15(8-11-16)18-12-9-14-5-3-4-6-17(14)19(18)13-20/h3-12,20H,2,13H2,1H3. The lowest BCUT2D eigenvalue weighted by Crippen LogP contribution is -2.03. The van der Waals surface area contributed by atoms with Crippen LogP contribution in [0.4, 0.5) is 0 Å². The van der Waals surface area contributed by atoms with E-state index in [2.05, 4.69) is 0 Å². The Morgan fingerprint density at radius 2 is 1.61 bits per heavy atom. The molecule has 0 heterocycles. The summed E-state index contributed by atoms with van der Waals surface area (Å²) < 4.78 is 23.8. The zero-order chi connectivity index (χ0) is 16.4. The molecule has 23 heavy (non-hydrogen) atoms. The Morgan fingerprint density at radius 1 is 0.913 bits per heavy atom. The Kier molecular flexibility index (Phi) is 4.20. The fraction of sp³-hybridized carbons (Fsp3) is 0.158. The lowest BCUT2D eigenvalue weighted by Gasteiger charge is -2.12. The summed E-state index contributed by atoms with van der Waals surface area (Å²) in [6.45, 7) is 1.57. The molecule has 0 bridgehead atoms. The van der Waals surface area contributed by atoms with E-state index >= 15 is 0 Å². The summed E-state index contributed by atoms with van der Waals surface area (Å²) in [4.78, 5) is 0.329. The van der Waals surface area contributed by atoms with Gasteiger partial charge in [0.1, 0.15) is 0 Å². The van der Waals surface area contributed by atoms with Crippen molar-refractivity contribution in [2.24, 2.45) is 0 Å². The van der Waals surface area contributed by atoms with Crippen LogP contribution in [0.25, 0.3) is 21.9 Å². The van der Waals surface area contributed by atoms with Crippen LogP contribution in [0.5, 0.6) is 0 Å². The molecule has 0 spiro atoms. The molecule has 3 aromatic carbocycles. The largest absolute Gasteiger partial charge is 0.392 e. The van der Waals surface area contributed by atoms with Gasteiger partial charge in [-0.25, -0.2) is 8.42 Å². The highest BCUT2D eigenvalue weighted by atomic mass is 32.2. The van der Waals surface area contributed by atoms with Gasteiger partial charge in [0.25, 0.3) is 0 Å². The SMILES string of the molecule is CCS(=O)(=O)c1ccc(-c2ccc3ccccc3c2CO)cc1. The minimum atomic E-state index is -3.20. The van der Waals surface area contributed by atoms with Gasteiger partial charge in [-0.15, -0.1) is 0 Å². The van der Waals surface area contributed by atoms with E-state index in [1.807, 2.05) is 36.4 Å². The molecular formula is C19H18O3S. The van der Waals surface area contributed by atoms with Crippen molar-refractivity contribution in [3.8, 4) is 11.1 Å². The second kappa shape index (κ2) is 6.14. The summed E-state index contributed by atoms with van der Waals surface area (Å²) in [6, 6.07) is 18.7. The molecule has 0 radical (unpaired) electrons. The van der Waals surface area contributed by atoms with Gasteiger partial charge < -0.3 is 5.11 Å². The van der Waals surface area contributed by atoms with Crippen molar-refractivity contribution < 1.29 is 13.5 Å². The number of benzene rings is 3. The third-order valence-electron chi connectivity index (χ3n) is 4.10. The molecule has 0 aliphatic carbocycles. The maximum absolute atomic E-state index is 11.9. The summed E-state index contributed by atoms with van der Waals surface area (Å²) in [5.74, 6) is 0.0875. The second-order valence-electron chi connectivity index (χ2n) is 5.40. The van der Waals surface area contributed by atoms with Crippen LogP contribution in [-0.4, -0.2) is 19.3 Å². The van der Waals surface area contributed by atoms with Crippen molar-refractivity contribution in [1.29, 1.82) is 0 Å². The molecule has 118 valence electrons. The van der Waals surface area contributed by atoms with Crippen molar-refractivity contribution in [3.05, 3.63) is 66.2 Å². The number of hydrogen-bond donors (Lipinski definition) is 1. The highest BCUT2D eigenvalue weighted by molar-refractivity contribution is 7.91. The first-order chi connectivity index (χ1) is 11.1. The summed E-state index contributed by atoms with van der Waals surface area (Å²) in [5.41, 5.74) is 2.68. The molecule has 3 rings (SSSR count). The smallest absolute Gasteiger partial charge is 0.178 e. The molecule has 0 aromatic heterocycles. The molecule has 0 aliphatic heterocycles. The zero-order valence-electron chi connectivity index (χ0n) is 12.9. The van der Waals surface area contributed by atoms with E-state index in [9.17, 15) is 13.5 Å². The van der Waals surface area contributed by atoms with Gasteiger partial charge in [-0.2, -0.15) is 0 Å². The molecule has 3 aromatic rings. The minimum absolute atomic E-state index is 0.0638. The second-order valence-corrected chi connectivity index (χ2v) is 7.68. The van der Waals surface area contributed by atoms with E-state index in [4.69, 9.17) is 0 Å². The summed E-state index contributed by atoms with van der Waals surface area (Å²) in [6.07, 6.45) is 0. The van der Waals surface area contributed by atoms with Crippen LogP contribution in [0.2, 0.25) is 0 Å². The van der Waals surface area contributed by atoms with Gasteiger partial charge in [-0.05, 0) is 39.6 Å². The number of aliphatic hydroxyl groups excluding tert-OH is 1. The molecule has 3 nitrogen and oxygen atoms in total. The highest BCUT2D eigenvalue weighted by Gasteiger charge is 2.13. The van der Waals surface area contributed by atoms with E-state index in [0.29, 0.717) is 4.90 Å². The van der Waals surface area contributed by atoms with Gasteiger partial charge in [0.15, 0.2) is 9.84 Å².